The highest BCUT2D eigenvalue weighted by Crippen LogP contribution is 2.13. The van der Waals surface area contributed by atoms with E-state index in [9.17, 15) is 9.59 Å². The molecule has 0 radical (unpaired) electrons. The molecule has 2 rings (SSSR count). The first-order valence-electron chi connectivity index (χ1n) is 7.08. The van der Waals surface area contributed by atoms with E-state index in [1.165, 1.54) is 0 Å². The summed E-state index contributed by atoms with van der Waals surface area (Å²) in [6.07, 6.45) is 3.40. The van der Waals surface area contributed by atoms with Crippen LogP contribution < -0.4 is 10.2 Å². The van der Waals surface area contributed by atoms with E-state index < -0.39 is 11.9 Å². The third-order valence-electron chi connectivity index (χ3n) is 2.87. The molecule has 0 aliphatic carbocycles. The van der Waals surface area contributed by atoms with E-state index in [1.54, 1.807) is 6.07 Å². The summed E-state index contributed by atoms with van der Waals surface area (Å²) in [5.41, 5.74) is 0. The Morgan fingerprint density at radius 1 is 1.09 bits per heavy atom. The molecule has 1 aromatic rings. The maximum absolute atomic E-state index is 9.55. The SMILES string of the molecule is Clc1ccc(N2CCCNCCC2)nn1.O=C(O)/C=C/C(=O)O. The van der Waals surface area contributed by atoms with Crippen molar-refractivity contribution in [1.29, 1.82) is 0 Å². The minimum Gasteiger partial charge on any atom is -0.478 e. The second-order valence-corrected chi connectivity index (χ2v) is 5.06. The number of anilines is 1. The summed E-state index contributed by atoms with van der Waals surface area (Å²) in [5.74, 6) is -1.58. The molecule has 1 fully saturated rings. The number of carboxylic acid groups (broad SMARTS) is 2. The van der Waals surface area contributed by atoms with E-state index in [-0.39, 0.29) is 0 Å². The Morgan fingerprint density at radius 3 is 2.09 bits per heavy atom. The van der Waals surface area contributed by atoms with Gasteiger partial charge < -0.3 is 20.4 Å². The van der Waals surface area contributed by atoms with Gasteiger partial charge in [0.25, 0.3) is 0 Å². The van der Waals surface area contributed by atoms with Gasteiger partial charge in [0.05, 0.1) is 0 Å². The summed E-state index contributed by atoms with van der Waals surface area (Å²) in [6.45, 7) is 4.22. The lowest BCUT2D eigenvalue weighted by Gasteiger charge is -2.25. The van der Waals surface area contributed by atoms with Crippen molar-refractivity contribution in [2.45, 2.75) is 12.8 Å². The highest BCUT2D eigenvalue weighted by molar-refractivity contribution is 6.29. The van der Waals surface area contributed by atoms with Crippen molar-refractivity contribution in [2.75, 3.05) is 31.1 Å². The van der Waals surface area contributed by atoms with Gasteiger partial charge in [-0.2, -0.15) is 0 Å². The summed E-state index contributed by atoms with van der Waals surface area (Å²) < 4.78 is 0. The third kappa shape index (κ3) is 8.74. The van der Waals surface area contributed by atoms with Gasteiger partial charge in [0, 0.05) is 25.2 Å². The van der Waals surface area contributed by atoms with Crippen LogP contribution in [-0.4, -0.2) is 58.5 Å². The van der Waals surface area contributed by atoms with Crippen LogP contribution in [0.2, 0.25) is 5.15 Å². The van der Waals surface area contributed by atoms with Gasteiger partial charge in [0.15, 0.2) is 11.0 Å². The first-order chi connectivity index (χ1) is 11.0. The molecule has 23 heavy (non-hydrogen) atoms. The molecule has 0 aromatic carbocycles. The normalized spacial score (nSPS) is 15.3. The molecule has 0 unspecified atom stereocenters. The number of hydrogen-bond donors (Lipinski definition) is 3. The summed E-state index contributed by atoms with van der Waals surface area (Å²) >= 11 is 5.71. The Kier molecular flexibility index (Phi) is 8.63. The smallest absolute Gasteiger partial charge is 0.328 e. The number of rotatable bonds is 3. The fraction of sp³-hybridized carbons (Fsp3) is 0.429. The molecule has 8 nitrogen and oxygen atoms in total. The van der Waals surface area contributed by atoms with Gasteiger partial charge in [-0.05, 0) is 38.1 Å². The number of nitrogens with one attached hydrogen (secondary N) is 1. The zero-order valence-electron chi connectivity index (χ0n) is 12.5. The molecule has 0 atom stereocenters. The molecule has 0 spiro atoms. The fourth-order valence-corrected chi connectivity index (χ4v) is 1.98. The topological polar surface area (TPSA) is 116 Å². The van der Waals surface area contributed by atoms with Crippen LogP contribution in [0.3, 0.4) is 0 Å². The Bertz CT molecular complexity index is 512. The van der Waals surface area contributed by atoms with E-state index in [4.69, 9.17) is 21.8 Å². The molecule has 0 bridgehead atoms. The van der Waals surface area contributed by atoms with Crippen molar-refractivity contribution in [3.8, 4) is 0 Å². The Labute approximate surface area is 138 Å². The van der Waals surface area contributed by atoms with Crippen LogP contribution >= 0.6 is 11.6 Å². The quantitative estimate of drug-likeness (QED) is 0.697. The molecule has 1 aliphatic heterocycles. The molecule has 3 N–H and O–H groups in total. The van der Waals surface area contributed by atoms with Crippen LogP contribution in [0.1, 0.15) is 12.8 Å². The molecule has 9 heteroatoms. The van der Waals surface area contributed by atoms with E-state index in [0.29, 0.717) is 17.3 Å². The van der Waals surface area contributed by atoms with Crippen LogP contribution in [-0.2, 0) is 9.59 Å². The van der Waals surface area contributed by atoms with Crippen LogP contribution in [0.5, 0.6) is 0 Å². The second-order valence-electron chi connectivity index (χ2n) is 4.67. The molecular formula is C14H19ClN4O4. The standard InChI is InChI=1S/C10H15ClN4.C4H4O4/c11-9-3-4-10(14-13-9)15-7-1-5-12-6-2-8-15;5-3(6)1-2-4(7)8/h3-4,12H,1-2,5-8H2;1-2H,(H,5,6)(H,7,8)/b;2-1+. The minimum atomic E-state index is -1.26. The summed E-state index contributed by atoms with van der Waals surface area (Å²) in [7, 11) is 0. The van der Waals surface area contributed by atoms with Crippen molar-refractivity contribution < 1.29 is 19.8 Å². The number of carboxylic acids is 2. The molecule has 2 heterocycles. The van der Waals surface area contributed by atoms with Gasteiger partial charge in [-0.15, -0.1) is 10.2 Å². The summed E-state index contributed by atoms with van der Waals surface area (Å²) in [6, 6.07) is 3.73. The molecule has 126 valence electrons. The van der Waals surface area contributed by atoms with Crippen LogP contribution in [0.25, 0.3) is 0 Å². The number of hydrogen-bond acceptors (Lipinski definition) is 6. The molecule has 0 saturated carbocycles. The van der Waals surface area contributed by atoms with Gasteiger partial charge in [0.1, 0.15) is 0 Å². The Hall–Kier alpha value is -2.19. The van der Waals surface area contributed by atoms with Gasteiger partial charge in [-0.25, -0.2) is 9.59 Å². The summed E-state index contributed by atoms with van der Waals surface area (Å²) in [4.78, 5) is 21.4. The van der Waals surface area contributed by atoms with Crippen molar-refractivity contribution >= 4 is 29.4 Å². The zero-order chi connectivity index (χ0) is 17.1. The van der Waals surface area contributed by atoms with Gasteiger partial charge in [-0.1, -0.05) is 11.6 Å². The average Bonchev–Trinajstić information content (AvgIpc) is 2.47. The molecule has 1 saturated heterocycles. The lowest BCUT2D eigenvalue weighted by molar-refractivity contribution is -0.134. The highest BCUT2D eigenvalue weighted by Gasteiger charge is 2.09. The lowest BCUT2D eigenvalue weighted by Crippen LogP contribution is -2.34. The number of carbonyl (C=O) groups is 2. The van der Waals surface area contributed by atoms with Crippen molar-refractivity contribution in [2.24, 2.45) is 0 Å². The first-order valence-corrected chi connectivity index (χ1v) is 7.45. The molecule has 1 aliphatic rings. The maximum atomic E-state index is 9.55. The van der Waals surface area contributed by atoms with E-state index >= 15 is 0 Å². The van der Waals surface area contributed by atoms with Gasteiger partial charge in [0.2, 0.25) is 0 Å². The molecule has 1 aromatic heterocycles. The van der Waals surface area contributed by atoms with Crippen LogP contribution in [0.4, 0.5) is 5.82 Å². The third-order valence-corrected chi connectivity index (χ3v) is 3.08. The van der Waals surface area contributed by atoms with Crippen molar-refractivity contribution in [3.05, 3.63) is 29.4 Å². The van der Waals surface area contributed by atoms with Crippen molar-refractivity contribution in [1.82, 2.24) is 15.5 Å². The number of aromatic nitrogens is 2. The van der Waals surface area contributed by atoms with Gasteiger partial charge >= 0.3 is 11.9 Å². The summed E-state index contributed by atoms with van der Waals surface area (Å²) in [5, 5.41) is 27.4. The minimum absolute atomic E-state index is 0.451. The van der Waals surface area contributed by atoms with E-state index in [0.717, 1.165) is 44.8 Å². The average molecular weight is 343 g/mol. The predicted octanol–water partition coefficient (Wildman–Crippen LogP) is 1.03. The highest BCUT2D eigenvalue weighted by atomic mass is 35.5. The van der Waals surface area contributed by atoms with Gasteiger partial charge in [-0.3, -0.25) is 0 Å². The Balaban J connectivity index is 0.000000284. The van der Waals surface area contributed by atoms with E-state index in [1.807, 2.05) is 6.07 Å². The van der Waals surface area contributed by atoms with E-state index in [2.05, 4.69) is 20.4 Å². The lowest BCUT2D eigenvalue weighted by atomic mass is 10.2. The number of halogens is 1. The molecule has 0 amide bonds. The Morgan fingerprint density at radius 2 is 1.65 bits per heavy atom. The predicted molar refractivity (Wildman–Crippen MR) is 85.8 cm³/mol. The first kappa shape index (κ1) is 18.9. The largest absolute Gasteiger partial charge is 0.478 e. The fourth-order valence-electron chi connectivity index (χ4n) is 1.88. The van der Waals surface area contributed by atoms with Crippen LogP contribution in [0, 0.1) is 0 Å². The monoisotopic (exact) mass is 342 g/mol. The molecular weight excluding hydrogens is 324 g/mol. The number of nitrogens with zero attached hydrogens (tertiary/aromatic N) is 3. The number of aliphatic carboxylic acids is 2. The maximum Gasteiger partial charge on any atom is 0.328 e. The van der Waals surface area contributed by atoms with Crippen LogP contribution in [0.15, 0.2) is 24.3 Å². The van der Waals surface area contributed by atoms with Crippen molar-refractivity contribution in [3.63, 3.8) is 0 Å². The zero-order valence-corrected chi connectivity index (χ0v) is 13.2. The second kappa shape index (κ2) is 10.5.